The van der Waals surface area contributed by atoms with Gasteiger partial charge in [-0.3, -0.25) is 14.4 Å². The summed E-state index contributed by atoms with van der Waals surface area (Å²) in [6.45, 7) is 3.52. The summed E-state index contributed by atoms with van der Waals surface area (Å²) < 4.78 is 17.5. The van der Waals surface area contributed by atoms with E-state index >= 15 is 0 Å². The van der Waals surface area contributed by atoms with Gasteiger partial charge in [-0.05, 0) is 0 Å². The zero-order chi connectivity index (χ0) is 22.0. The van der Waals surface area contributed by atoms with Gasteiger partial charge in [-0.15, -0.1) is 0 Å². The summed E-state index contributed by atoms with van der Waals surface area (Å²) in [6.07, 6.45) is 2.43. The highest BCUT2D eigenvalue weighted by Crippen LogP contribution is 2.38. The molecule has 0 saturated heterocycles. The molecule has 0 spiro atoms. The van der Waals surface area contributed by atoms with Gasteiger partial charge in [0.25, 0.3) is 0 Å². The molecule has 0 unspecified atom stereocenters. The Morgan fingerprint density at radius 2 is 1.87 bits per heavy atom. The van der Waals surface area contributed by atoms with Crippen molar-refractivity contribution in [2.24, 2.45) is 0 Å². The number of carbonyl (C=O) groups excluding carboxylic acids is 3. The Morgan fingerprint density at radius 3 is 2.47 bits per heavy atom. The third-order valence-electron chi connectivity index (χ3n) is 4.43. The second-order valence-corrected chi connectivity index (χ2v) is 6.90. The standard InChI is InChI=1S/C19H17ClN4O6/c1-9(25)28-7-12-4-14(17(30-11(3)27)16(12)29-10(2)26)24-6-13(5-21)15-18(20)22-8-23-19(15)24/h4,6,8,14,16-17H,7H2,1-3H3/t14-,16-,17+/m1/s1. The monoisotopic (exact) mass is 432 g/mol. The van der Waals surface area contributed by atoms with Crippen LogP contribution >= 0.6 is 11.6 Å². The minimum Gasteiger partial charge on any atom is -0.461 e. The lowest BCUT2D eigenvalue weighted by Crippen LogP contribution is -2.37. The molecule has 0 radical (unpaired) electrons. The van der Waals surface area contributed by atoms with E-state index in [4.69, 9.17) is 25.8 Å². The van der Waals surface area contributed by atoms with Crippen molar-refractivity contribution in [2.45, 2.75) is 39.0 Å². The number of nitriles is 1. The number of fused-ring (bicyclic) bond motifs is 1. The summed E-state index contributed by atoms with van der Waals surface area (Å²) in [5.41, 5.74) is 0.987. The third-order valence-corrected chi connectivity index (χ3v) is 4.71. The molecule has 2 heterocycles. The van der Waals surface area contributed by atoms with E-state index in [-0.39, 0.29) is 17.3 Å². The molecular weight excluding hydrogens is 416 g/mol. The molecule has 0 aliphatic heterocycles. The van der Waals surface area contributed by atoms with Gasteiger partial charge in [-0.2, -0.15) is 5.26 Å². The van der Waals surface area contributed by atoms with Crippen molar-refractivity contribution in [1.29, 1.82) is 5.26 Å². The molecule has 1 aliphatic carbocycles. The van der Waals surface area contributed by atoms with E-state index in [0.717, 1.165) is 0 Å². The van der Waals surface area contributed by atoms with E-state index in [1.165, 1.54) is 33.3 Å². The molecule has 2 aromatic rings. The summed E-state index contributed by atoms with van der Waals surface area (Å²) in [7, 11) is 0. The van der Waals surface area contributed by atoms with Crippen molar-refractivity contribution < 1.29 is 28.6 Å². The van der Waals surface area contributed by atoms with E-state index in [2.05, 4.69) is 9.97 Å². The van der Waals surface area contributed by atoms with Gasteiger partial charge in [-0.1, -0.05) is 17.7 Å². The largest absolute Gasteiger partial charge is 0.461 e. The van der Waals surface area contributed by atoms with E-state index in [1.54, 1.807) is 10.6 Å². The summed E-state index contributed by atoms with van der Waals surface area (Å²) in [5, 5.41) is 9.93. The molecule has 0 saturated carbocycles. The molecule has 0 fully saturated rings. The predicted molar refractivity (Wildman–Crippen MR) is 102 cm³/mol. The van der Waals surface area contributed by atoms with Crippen LogP contribution in [0.5, 0.6) is 0 Å². The van der Waals surface area contributed by atoms with Crippen molar-refractivity contribution in [3.05, 3.63) is 34.9 Å². The number of hydrogen-bond donors (Lipinski definition) is 0. The number of hydrogen-bond acceptors (Lipinski definition) is 9. The van der Waals surface area contributed by atoms with Crippen molar-refractivity contribution >= 4 is 40.5 Å². The molecule has 11 heteroatoms. The minimum absolute atomic E-state index is 0.0954. The Morgan fingerprint density at radius 1 is 1.17 bits per heavy atom. The third kappa shape index (κ3) is 4.11. The first-order valence-electron chi connectivity index (χ1n) is 8.82. The van der Waals surface area contributed by atoms with E-state index in [9.17, 15) is 19.6 Å². The van der Waals surface area contributed by atoms with Crippen LogP contribution < -0.4 is 0 Å². The van der Waals surface area contributed by atoms with E-state index in [0.29, 0.717) is 16.6 Å². The maximum absolute atomic E-state index is 11.8. The molecule has 0 amide bonds. The van der Waals surface area contributed by atoms with Gasteiger partial charge in [0.05, 0.1) is 17.0 Å². The molecule has 2 aromatic heterocycles. The lowest BCUT2D eigenvalue weighted by Gasteiger charge is -2.26. The number of carbonyl (C=O) groups is 3. The topological polar surface area (TPSA) is 133 Å². The van der Waals surface area contributed by atoms with Crippen molar-refractivity contribution in [1.82, 2.24) is 14.5 Å². The normalized spacial score (nSPS) is 20.4. The SMILES string of the molecule is CC(=O)OCC1=C[C@@H](n2cc(C#N)c3c(Cl)ncnc32)[C@H](OC(C)=O)[C@@H]1OC(C)=O. The fraction of sp³-hybridized carbons (Fsp3) is 0.368. The summed E-state index contributed by atoms with van der Waals surface area (Å²) in [4.78, 5) is 42.9. The number of aromatic nitrogens is 3. The summed E-state index contributed by atoms with van der Waals surface area (Å²) in [6, 6.07) is 1.33. The number of nitrogens with zero attached hydrogens (tertiary/aromatic N) is 4. The second kappa shape index (κ2) is 8.51. The Balaban J connectivity index is 2.15. The van der Waals surface area contributed by atoms with Gasteiger partial charge in [-0.25, -0.2) is 9.97 Å². The quantitative estimate of drug-likeness (QED) is 0.300. The molecule has 156 valence electrons. The van der Waals surface area contributed by atoms with Crippen LogP contribution in [0.1, 0.15) is 32.4 Å². The van der Waals surface area contributed by atoms with Crippen molar-refractivity contribution in [2.75, 3.05) is 6.61 Å². The average molecular weight is 433 g/mol. The van der Waals surface area contributed by atoms with Crippen molar-refractivity contribution in [3.8, 4) is 6.07 Å². The molecule has 3 rings (SSSR count). The van der Waals surface area contributed by atoms with Crippen LogP contribution in [0.3, 0.4) is 0 Å². The van der Waals surface area contributed by atoms with Crippen LogP contribution in [0.15, 0.2) is 24.2 Å². The first kappa shape index (κ1) is 21.3. The van der Waals surface area contributed by atoms with Crippen LogP contribution in [0.2, 0.25) is 5.15 Å². The lowest BCUT2D eigenvalue weighted by atomic mass is 10.1. The molecule has 1 aliphatic rings. The maximum Gasteiger partial charge on any atom is 0.303 e. The van der Waals surface area contributed by atoms with Gasteiger partial charge < -0.3 is 18.8 Å². The highest BCUT2D eigenvalue weighted by atomic mass is 35.5. The van der Waals surface area contributed by atoms with E-state index in [1.807, 2.05) is 6.07 Å². The molecular formula is C19H17ClN4O6. The van der Waals surface area contributed by atoms with Gasteiger partial charge >= 0.3 is 17.9 Å². The molecule has 30 heavy (non-hydrogen) atoms. The average Bonchev–Trinajstić information content (AvgIpc) is 3.19. The molecule has 10 nitrogen and oxygen atoms in total. The Labute approximate surface area is 176 Å². The summed E-state index contributed by atoms with van der Waals surface area (Å²) in [5.74, 6) is -1.73. The number of rotatable bonds is 5. The highest BCUT2D eigenvalue weighted by molar-refractivity contribution is 6.34. The van der Waals surface area contributed by atoms with Crippen LogP contribution in [-0.4, -0.2) is 51.3 Å². The van der Waals surface area contributed by atoms with Gasteiger partial charge in [0, 0.05) is 32.5 Å². The number of ether oxygens (including phenoxy) is 3. The zero-order valence-corrected chi connectivity index (χ0v) is 17.0. The van der Waals surface area contributed by atoms with Gasteiger partial charge in [0.15, 0.2) is 12.2 Å². The van der Waals surface area contributed by atoms with E-state index < -0.39 is 36.2 Å². The first-order chi connectivity index (χ1) is 14.2. The van der Waals surface area contributed by atoms with Crippen LogP contribution in [0.4, 0.5) is 0 Å². The number of esters is 3. The smallest absolute Gasteiger partial charge is 0.303 e. The fourth-order valence-electron chi connectivity index (χ4n) is 3.36. The molecule has 0 aromatic carbocycles. The fourth-order valence-corrected chi connectivity index (χ4v) is 3.59. The van der Waals surface area contributed by atoms with Crippen LogP contribution in [-0.2, 0) is 28.6 Å². The lowest BCUT2D eigenvalue weighted by molar-refractivity contribution is -0.163. The highest BCUT2D eigenvalue weighted by Gasteiger charge is 2.44. The van der Waals surface area contributed by atoms with Crippen LogP contribution in [0.25, 0.3) is 11.0 Å². The zero-order valence-electron chi connectivity index (χ0n) is 16.3. The minimum atomic E-state index is -0.990. The van der Waals surface area contributed by atoms with Crippen molar-refractivity contribution in [3.63, 3.8) is 0 Å². The second-order valence-electron chi connectivity index (χ2n) is 6.54. The Hall–Kier alpha value is -3.45. The van der Waals surface area contributed by atoms with Gasteiger partial charge in [0.2, 0.25) is 0 Å². The first-order valence-corrected chi connectivity index (χ1v) is 9.20. The summed E-state index contributed by atoms with van der Waals surface area (Å²) >= 11 is 6.15. The Kier molecular flexibility index (Phi) is 6.03. The predicted octanol–water partition coefficient (Wildman–Crippen LogP) is 1.86. The maximum atomic E-state index is 11.8. The molecule has 3 atom stereocenters. The molecule has 0 N–H and O–H groups in total. The molecule has 0 bridgehead atoms. The van der Waals surface area contributed by atoms with Crippen LogP contribution in [0, 0.1) is 11.3 Å². The Bertz CT molecular complexity index is 1100. The van der Waals surface area contributed by atoms with Gasteiger partial charge in [0.1, 0.15) is 29.8 Å². The number of halogens is 1.